The van der Waals surface area contributed by atoms with Crippen molar-refractivity contribution in [3.05, 3.63) is 55.1 Å². The molecule has 2 aromatic rings. The number of nitrogens with zero attached hydrogens (tertiary/aromatic N) is 2. The van der Waals surface area contributed by atoms with E-state index in [1.807, 2.05) is 18.2 Å². The van der Waals surface area contributed by atoms with Gasteiger partial charge in [-0.05, 0) is 24.3 Å². The van der Waals surface area contributed by atoms with Crippen molar-refractivity contribution in [2.75, 3.05) is 0 Å². The average Bonchev–Trinajstić information content (AvgIpc) is 2.75. The molecule has 72 valence electrons. The van der Waals surface area contributed by atoms with Gasteiger partial charge >= 0.3 is 6.47 Å². The quantitative estimate of drug-likeness (QED) is 0.667. The minimum atomic E-state index is 0.375. The zero-order valence-electron chi connectivity index (χ0n) is 7.48. The molecule has 0 aromatic carbocycles. The first-order valence-electron chi connectivity index (χ1n) is 4.02. The van der Waals surface area contributed by atoms with Crippen LogP contribution in [0.3, 0.4) is 0 Å². The van der Waals surface area contributed by atoms with Crippen LogP contribution in [0.2, 0.25) is 0 Å². The third-order valence-electron chi connectivity index (χ3n) is 1.31. The number of carbonyl (C=O) groups is 1. The maximum atomic E-state index is 9.63. The van der Waals surface area contributed by atoms with Gasteiger partial charge in [-0.3, -0.25) is 9.78 Å². The molecule has 0 amide bonds. The van der Waals surface area contributed by atoms with Crippen molar-refractivity contribution in [2.45, 2.75) is 0 Å². The van der Waals surface area contributed by atoms with Gasteiger partial charge in [-0.2, -0.15) is 4.73 Å². The Kier molecular flexibility index (Phi) is 4.58. The second kappa shape index (κ2) is 6.42. The molecule has 0 unspecified atom stereocenters. The second-order valence-corrected chi connectivity index (χ2v) is 2.27. The summed E-state index contributed by atoms with van der Waals surface area (Å²) in [6.45, 7) is 0.375. The lowest BCUT2D eigenvalue weighted by Crippen LogP contribution is -2.04. The van der Waals surface area contributed by atoms with Crippen LogP contribution >= 0.6 is 0 Å². The van der Waals surface area contributed by atoms with E-state index in [1.54, 1.807) is 36.9 Å². The molecule has 2 aromatic heterocycles. The van der Waals surface area contributed by atoms with E-state index in [1.165, 1.54) is 4.73 Å². The van der Waals surface area contributed by atoms with Crippen LogP contribution in [-0.4, -0.2) is 16.2 Å². The molecule has 0 atom stereocenters. The highest BCUT2D eigenvalue weighted by atomic mass is 16.7. The minimum absolute atomic E-state index is 0.375. The lowest BCUT2D eigenvalue weighted by Gasteiger charge is -1.91. The topological polar surface area (TPSA) is 44.1 Å². The Bertz CT molecular complexity index is 306. The van der Waals surface area contributed by atoms with Gasteiger partial charge < -0.3 is 4.84 Å². The predicted molar refractivity (Wildman–Crippen MR) is 51.3 cm³/mol. The van der Waals surface area contributed by atoms with E-state index in [0.717, 1.165) is 0 Å². The molecule has 14 heavy (non-hydrogen) atoms. The first-order valence-corrected chi connectivity index (χ1v) is 4.02. The van der Waals surface area contributed by atoms with Crippen LogP contribution in [0.5, 0.6) is 0 Å². The fraction of sp³-hybridized carbons (Fsp3) is 0. The molecule has 0 radical (unpaired) electrons. The van der Waals surface area contributed by atoms with Crippen LogP contribution in [0, 0.1) is 0 Å². The van der Waals surface area contributed by atoms with Crippen LogP contribution in [0.25, 0.3) is 0 Å². The first-order chi connectivity index (χ1) is 6.93. The molecule has 2 rings (SSSR count). The fourth-order valence-corrected chi connectivity index (χ4v) is 0.751. The van der Waals surface area contributed by atoms with Gasteiger partial charge in [0.2, 0.25) is 0 Å². The lowest BCUT2D eigenvalue weighted by atomic mass is 10.5. The van der Waals surface area contributed by atoms with Crippen LogP contribution in [0.15, 0.2) is 55.1 Å². The summed E-state index contributed by atoms with van der Waals surface area (Å²) >= 11 is 0. The molecular weight excluding hydrogens is 180 g/mol. The lowest BCUT2D eigenvalue weighted by molar-refractivity contribution is -0.129. The molecule has 0 aliphatic carbocycles. The van der Waals surface area contributed by atoms with Crippen molar-refractivity contribution >= 4 is 6.47 Å². The SMILES string of the molecule is O=COn1cccc1.c1ccncc1. The van der Waals surface area contributed by atoms with Crippen LogP contribution in [0.4, 0.5) is 0 Å². The Morgan fingerprint density at radius 3 is 2.00 bits per heavy atom. The second-order valence-electron chi connectivity index (χ2n) is 2.27. The van der Waals surface area contributed by atoms with Gasteiger partial charge in [-0.25, -0.2) is 0 Å². The van der Waals surface area contributed by atoms with Gasteiger partial charge in [0.05, 0.1) is 0 Å². The standard InChI is InChI=1S/C5H5NO2.C5H5N/c7-5-8-6-3-1-2-4-6;1-2-4-6-5-3-1/h1-5H;1-5H. The molecule has 0 aliphatic rings. The maximum Gasteiger partial charge on any atom is 0.321 e. The zero-order chi connectivity index (χ0) is 10.1. The van der Waals surface area contributed by atoms with Crippen molar-refractivity contribution < 1.29 is 9.63 Å². The molecule has 0 saturated carbocycles. The first kappa shape index (κ1) is 9.98. The maximum absolute atomic E-state index is 9.63. The number of hydrogen-bond acceptors (Lipinski definition) is 3. The molecule has 4 heteroatoms. The van der Waals surface area contributed by atoms with Gasteiger partial charge in [0, 0.05) is 24.8 Å². The predicted octanol–water partition coefficient (Wildman–Crippen LogP) is 1.15. The monoisotopic (exact) mass is 190 g/mol. The summed E-state index contributed by atoms with van der Waals surface area (Å²) in [5.41, 5.74) is 0. The van der Waals surface area contributed by atoms with Crippen molar-refractivity contribution in [1.29, 1.82) is 0 Å². The Labute approximate surface area is 81.7 Å². The summed E-state index contributed by atoms with van der Waals surface area (Å²) in [7, 11) is 0. The van der Waals surface area contributed by atoms with E-state index in [9.17, 15) is 4.79 Å². The molecule has 0 fully saturated rings. The van der Waals surface area contributed by atoms with Gasteiger partial charge in [-0.1, -0.05) is 6.07 Å². The Morgan fingerprint density at radius 1 is 1.00 bits per heavy atom. The Balaban J connectivity index is 0.000000146. The normalized spacial score (nSPS) is 8.29. The van der Waals surface area contributed by atoms with Crippen LogP contribution < -0.4 is 4.84 Å². The van der Waals surface area contributed by atoms with Gasteiger partial charge in [0.15, 0.2) is 0 Å². The fourth-order valence-electron chi connectivity index (χ4n) is 0.751. The number of carbonyl (C=O) groups excluding carboxylic acids is 1. The summed E-state index contributed by atoms with van der Waals surface area (Å²) in [5.74, 6) is 0. The van der Waals surface area contributed by atoms with E-state index in [-0.39, 0.29) is 0 Å². The summed E-state index contributed by atoms with van der Waals surface area (Å²) in [6.07, 6.45) is 6.77. The van der Waals surface area contributed by atoms with Crippen molar-refractivity contribution in [3.8, 4) is 0 Å². The van der Waals surface area contributed by atoms with E-state index in [4.69, 9.17) is 0 Å². The van der Waals surface area contributed by atoms with Gasteiger partial charge in [0.1, 0.15) is 0 Å². The molecule has 0 spiro atoms. The largest absolute Gasteiger partial charge is 0.340 e. The third kappa shape index (κ3) is 4.06. The number of aromatic nitrogens is 2. The van der Waals surface area contributed by atoms with Crippen molar-refractivity contribution in [1.82, 2.24) is 9.71 Å². The molecule has 0 aliphatic heterocycles. The molecule has 0 N–H and O–H groups in total. The Hall–Kier alpha value is -2.10. The van der Waals surface area contributed by atoms with E-state index < -0.39 is 0 Å². The summed E-state index contributed by atoms with van der Waals surface area (Å²) < 4.78 is 1.31. The number of rotatable bonds is 2. The molecule has 0 saturated heterocycles. The van der Waals surface area contributed by atoms with Crippen LogP contribution in [0.1, 0.15) is 0 Å². The average molecular weight is 190 g/mol. The molecule has 4 nitrogen and oxygen atoms in total. The molecule has 2 heterocycles. The summed E-state index contributed by atoms with van der Waals surface area (Å²) in [4.78, 5) is 17.8. The summed E-state index contributed by atoms with van der Waals surface area (Å²) in [6, 6.07) is 9.25. The van der Waals surface area contributed by atoms with E-state index >= 15 is 0 Å². The minimum Gasteiger partial charge on any atom is -0.340 e. The van der Waals surface area contributed by atoms with E-state index in [0.29, 0.717) is 6.47 Å². The highest BCUT2D eigenvalue weighted by Gasteiger charge is 1.80. The van der Waals surface area contributed by atoms with E-state index in [2.05, 4.69) is 9.82 Å². The number of hydrogen-bond donors (Lipinski definition) is 0. The van der Waals surface area contributed by atoms with Gasteiger partial charge in [-0.15, -0.1) is 0 Å². The van der Waals surface area contributed by atoms with Crippen molar-refractivity contribution in [3.63, 3.8) is 0 Å². The molecule has 0 bridgehead atoms. The smallest absolute Gasteiger partial charge is 0.321 e. The third-order valence-corrected chi connectivity index (χ3v) is 1.31. The zero-order valence-corrected chi connectivity index (χ0v) is 7.48. The van der Waals surface area contributed by atoms with Gasteiger partial charge in [0.25, 0.3) is 0 Å². The summed E-state index contributed by atoms with van der Waals surface area (Å²) in [5, 5.41) is 0. The Morgan fingerprint density at radius 2 is 1.64 bits per heavy atom. The number of pyridine rings is 1. The van der Waals surface area contributed by atoms with Crippen LogP contribution in [-0.2, 0) is 4.79 Å². The molecular formula is C10H10N2O2. The highest BCUT2D eigenvalue weighted by molar-refractivity contribution is 5.37. The van der Waals surface area contributed by atoms with Crippen molar-refractivity contribution in [2.24, 2.45) is 0 Å². The highest BCUT2D eigenvalue weighted by Crippen LogP contribution is 1.82.